The van der Waals surface area contributed by atoms with Crippen molar-refractivity contribution in [3.8, 4) is 0 Å². The van der Waals surface area contributed by atoms with Gasteiger partial charge in [-0.05, 0) is 63.3 Å². The zero-order valence-corrected chi connectivity index (χ0v) is 20.2. The maximum absolute atomic E-state index is 12.1. The molecule has 0 spiro atoms. The molecule has 0 saturated heterocycles. The predicted octanol–water partition coefficient (Wildman–Crippen LogP) is 3.01. The van der Waals surface area contributed by atoms with Crippen LogP contribution in [0, 0.1) is 6.92 Å². The number of fused-ring (bicyclic) bond motifs is 2. The number of methoxy groups -OCH3 is 1. The van der Waals surface area contributed by atoms with E-state index in [4.69, 9.17) is 10.5 Å². The third-order valence-electron chi connectivity index (χ3n) is 5.37. The number of hydrogen-bond donors (Lipinski definition) is 1. The van der Waals surface area contributed by atoms with E-state index in [-0.39, 0.29) is 35.0 Å². The molecule has 0 saturated carbocycles. The fourth-order valence-electron chi connectivity index (χ4n) is 3.74. The number of benzene rings is 1. The predicted molar refractivity (Wildman–Crippen MR) is 124 cm³/mol. The van der Waals surface area contributed by atoms with Crippen molar-refractivity contribution in [2.45, 2.75) is 59.1 Å². The van der Waals surface area contributed by atoms with Crippen LogP contribution in [0.4, 0.5) is 0 Å². The van der Waals surface area contributed by atoms with E-state index < -0.39 is 11.6 Å². The lowest BCUT2D eigenvalue weighted by Crippen LogP contribution is -2.24. The van der Waals surface area contributed by atoms with Crippen molar-refractivity contribution in [3.05, 3.63) is 58.2 Å². The highest BCUT2D eigenvalue weighted by atomic mass is 16.6. The third-order valence-corrected chi connectivity index (χ3v) is 5.37. The molecule has 0 fully saturated rings. The molecule has 10 nitrogen and oxygen atoms in total. The number of esters is 2. The average molecular weight is 468 g/mol. The van der Waals surface area contributed by atoms with Crippen LogP contribution in [0.5, 0.6) is 0 Å². The maximum atomic E-state index is 12.1. The van der Waals surface area contributed by atoms with Gasteiger partial charge in [0.25, 0.3) is 5.78 Å². The third kappa shape index (κ3) is 5.28. The molecule has 0 unspecified atom stereocenters. The second-order valence-corrected chi connectivity index (χ2v) is 9.00. The van der Waals surface area contributed by atoms with E-state index in [1.165, 1.54) is 42.1 Å². The van der Waals surface area contributed by atoms with E-state index >= 15 is 0 Å². The number of carbonyl (C=O) groups is 3. The summed E-state index contributed by atoms with van der Waals surface area (Å²) in [4.78, 5) is 42.5. The Morgan fingerprint density at radius 3 is 2.50 bits per heavy atom. The lowest BCUT2D eigenvalue weighted by Gasteiger charge is -2.21. The van der Waals surface area contributed by atoms with Crippen molar-refractivity contribution in [2.75, 3.05) is 7.11 Å². The van der Waals surface area contributed by atoms with Crippen LogP contribution in [0.1, 0.15) is 88.2 Å². The first-order valence-corrected chi connectivity index (χ1v) is 10.8. The van der Waals surface area contributed by atoms with Gasteiger partial charge in [0.05, 0.1) is 12.7 Å². The second kappa shape index (κ2) is 9.68. The van der Waals surface area contributed by atoms with E-state index in [1.54, 1.807) is 0 Å². The van der Waals surface area contributed by atoms with Crippen molar-refractivity contribution in [2.24, 2.45) is 5.73 Å². The van der Waals surface area contributed by atoms with Gasteiger partial charge in [0.1, 0.15) is 17.6 Å². The minimum Gasteiger partial charge on any atom is -0.464 e. The normalized spacial score (nSPS) is 14.7. The molecule has 3 aromatic rings. The quantitative estimate of drug-likeness (QED) is 0.455. The summed E-state index contributed by atoms with van der Waals surface area (Å²) in [6, 6.07) is 5.26. The molecule has 2 heterocycles. The highest BCUT2D eigenvalue weighted by Crippen LogP contribution is 2.33. The Bertz CT molecular complexity index is 1260. The average Bonchev–Trinajstić information content (AvgIpc) is 3.38. The molecule has 1 aliphatic rings. The van der Waals surface area contributed by atoms with Crippen molar-refractivity contribution in [1.82, 2.24) is 19.6 Å². The summed E-state index contributed by atoms with van der Waals surface area (Å²) in [6.07, 6.45) is 3.18. The van der Waals surface area contributed by atoms with Crippen LogP contribution in [-0.2, 0) is 15.9 Å². The first kappa shape index (κ1) is 25.0. The molecule has 1 aliphatic carbocycles. The van der Waals surface area contributed by atoms with Gasteiger partial charge in [-0.1, -0.05) is 6.07 Å². The zero-order valence-electron chi connectivity index (χ0n) is 20.2. The summed E-state index contributed by atoms with van der Waals surface area (Å²) < 4.78 is 11.2. The lowest BCUT2D eigenvalue weighted by atomic mass is 9.98. The molecule has 0 amide bonds. The number of nitrogens with two attached hydrogens (primary N) is 1. The van der Waals surface area contributed by atoms with Crippen LogP contribution < -0.4 is 5.73 Å². The number of rotatable bonds is 3. The number of aromatic nitrogens is 4. The number of nitrogens with zero attached hydrogens (tertiary/aromatic N) is 4. The molecule has 0 radical (unpaired) electrons. The first-order valence-electron chi connectivity index (χ1n) is 10.8. The Morgan fingerprint density at radius 1 is 1.18 bits per heavy atom. The largest absolute Gasteiger partial charge is 0.464 e. The highest BCUT2D eigenvalue weighted by Gasteiger charge is 2.26. The lowest BCUT2D eigenvalue weighted by molar-refractivity contribution is 0.00683. The molecule has 2 N–H and O–H groups in total. The van der Waals surface area contributed by atoms with E-state index in [2.05, 4.69) is 19.8 Å². The molecule has 10 heteroatoms. The SMILES string of the molecule is COC(=O)c1cc(C(C)=O)n2ncnc2n1.Cc1c(C(=O)OC(C)(C)C)ccc2c1CC[C@@H]2N. The topological polar surface area (TPSA) is 139 Å². The Kier molecular flexibility index (Phi) is 7.11. The summed E-state index contributed by atoms with van der Waals surface area (Å²) in [5.41, 5.74) is 9.94. The van der Waals surface area contributed by atoms with Gasteiger partial charge in [0.2, 0.25) is 0 Å². The van der Waals surface area contributed by atoms with Crippen LogP contribution in [0.2, 0.25) is 0 Å². The minimum atomic E-state index is -0.618. The standard InChI is InChI=1S/C15H21NO2.C9H8N4O3/c1-9-10-7-8-13(16)12(10)6-5-11(9)14(17)18-15(2,3)4;1-5(14)7-3-6(8(15)16-2)12-9-10-4-11-13(7)9/h5-6,13H,7-8,16H2,1-4H3;3-4H,1-2H3/t13-;/m0./s1. The first-order chi connectivity index (χ1) is 15.9. The zero-order chi connectivity index (χ0) is 25.2. The van der Waals surface area contributed by atoms with Gasteiger partial charge in [0.15, 0.2) is 11.5 Å². The fraction of sp³-hybridized carbons (Fsp3) is 0.417. The monoisotopic (exact) mass is 467 g/mol. The number of ketones is 1. The Morgan fingerprint density at radius 2 is 1.88 bits per heavy atom. The number of Topliss-reactive ketones (excluding diaryl/α,β-unsaturated/α-hetero) is 1. The van der Waals surface area contributed by atoms with Crippen molar-refractivity contribution >= 4 is 23.5 Å². The maximum Gasteiger partial charge on any atom is 0.356 e. The fourth-order valence-corrected chi connectivity index (χ4v) is 3.74. The van der Waals surface area contributed by atoms with E-state index in [9.17, 15) is 14.4 Å². The smallest absolute Gasteiger partial charge is 0.356 e. The van der Waals surface area contributed by atoms with Crippen LogP contribution >= 0.6 is 0 Å². The molecule has 1 aromatic carbocycles. The Balaban J connectivity index is 0.000000192. The van der Waals surface area contributed by atoms with Crippen molar-refractivity contribution in [1.29, 1.82) is 0 Å². The Labute approximate surface area is 197 Å². The molecule has 0 aliphatic heterocycles. The van der Waals surface area contributed by atoms with Gasteiger partial charge in [-0.15, -0.1) is 0 Å². The molecule has 4 rings (SSSR count). The molecule has 180 valence electrons. The minimum absolute atomic E-state index is 0.0354. The number of hydrogen-bond acceptors (Lipinski definition) is 9. The van der Waals surface area contributed by atoms with Gasteiger partial charge in [-0.25, -0.2) is 14.6 Å². The summed E-state index contributed by atoms with van der Waals surface area (Å²) in [6.45, 7) is 8.99. The highest BCUT2D eigenvalue weighted by molar-refractivity contribution is 5.96. The van der Waals surface area contributed by atoms with Crippen LogP contribution in [-0.4, -0.2) is 50.0 Å². The van der Waals surface area contributed by atoms with Crippen LogP contribution in [0.25, 0.3) is 5.78 Å². The molecule has 34 heavy (non-hydrogen) atoms. The van der Waals surface area contributed by atoms with E-state index in [0.29, 0.717) is 5.56 Å². The summed E-state index contributed by atoms with van der Waals surface area (Å²) >= 11 is 0. The number of ether oxygens (including phenoxy) is 2. The summed E-state index contributed by atoms with van der Waals surface area (Å²) in [5, 5.41) is 3.84. The second-order valence-electron chi connectivity index (χ2n) is 9.00. The van der Waals surface area contributed by atoms with Gasteiger partial charge >= 0.3 is 11.9 Å². The molecular formula is C24H29N5O5. The van der Waals surface area contributed by atoms with Gasteiger partial charge in [-0.2, -0.15) is 14.6 Å². The van der Waals surface area contributed by atoms with Gasteiger partial charge < -0.3 is 15.2 Å². The molecule has 1 atom stereocenters. The van der Waals surface area contributed by atoms with Crippen LogP contribution in [0.15, 0.2) is 24.5 Å². The molecule has 0 bridgehead atoms. The van der Waals surface area contributed by atoms with Crippen molar-refractivity contribution in [3.63, 3.8) is 0 Å². The van der Waals surface area contributed by atoms with Crippen LogP contribution in [0.3, 0.4) is 0 Å². The van der Waals surface area contributed by atoms with Gasteiger partial charge in [0, 0.05) is 19.0 Å². The molecular weight excluding hydrogens is 438 g/mol. The summed E-state index contributed by atoms with van der Waals surface area (Å²) in [5.74, 6) is -0.910. The van der Waals surface area contributed by atoms with E-state index in [0.717, 1.165) is 18.4 Å². The summed E-state index contributed by atoms with van der Waals surface area (Å²) in [7, 11) is 1.24. The van der Waals surface area contributed by atoms with E-state index in [1.807, 2.05) is 39.8 Å². The molecule has 2 aromatic heterocycles. The Hall–Kier alpha value is -3.66. The van der Waals surface area contributed by atoms with Gasteiger partial charge in [-0.3, -0.25) is 4.79 Å². The number of carbonyl (C=O) groups excluding carboxylic acids is 3. The van der Waals surface area contributed by atoms with Crippen molar-refractivity contribution < 1.29 is 23.9 Å².